The van der Waals surface area contributed by atoms with Gasteiger partial charge < -0.3 is 10.6 Å². The number of carbonyl (C=O) groups excluding carboxylic acids is 2. The summed E-state index contributed by atoms with van der Waals surface area (Å²) in [6, 6.07) is 8.99. The van der Waals surface area contributed by atoms with Crippen molar-refractivity contribution in [1.29, 1.82) is 5.26 Å². The van der Waals surface area contributed by atoms with Crippen LogP contribution in [0.3, 0.4) is 0 Å². The Morgan fingerprint density at radius 1 is 1.32 bits per heavy atom. The quantitative estimate of drug-likeness (QED) is 0.831. The van der Waals surface area contributed by atoms with E-state index in [9.17, 15) is 14.9 Å². The minimum atomic E-state index is -0.969. The summed E-state index contributed by atoms with van der Waals surface area (Å²) in [5.41, 5.74) is 0.269. The normalized spacial score (nSPS) is 15.4. The van der Waals surface area contributed by atoms with E-state index in [0.717, 1.165) is 12.8 Å². The molecule has 1 aromatic rings. The van der Waals surface area contributed by atoms with Crippen molar-refractivity contribution in [1.82, 2.24) is 5.32 Å². The molecule has 0 aromatic heterocycles. The largest absolute Gasteiger partial charge is 0.346 e. The minimum absolute atomic E-state index is 0.164. The molecule has 2 N–H and O–H groups in total. The SMILES string of the molecule is C#Cc1cccc(NC(=O)CNC(=O)C2(C#N)CCCC2)c1. The zero-order valence-electron chi connectivity index (χ0n) is 12.2. The van der Waals surface area contributed by atoms with Gasteiger partial charge in [-0.25, -0.2) is 0 Å². The number of rotatable bonds is 4. The Morgan fingerprint density at radius 2 is 2.05 bits per heavy atom. The Labute approximate surface area is 129 Å². The van der Waals surface area contributed by atoms with Crippen LogP contribution in [0.4, 0.5) is 5.69 Å². The van der Waals surface area contributed by atoms with Gasteiger partial charge in [0.2, 0.25) is 11.8 Å². The average Bonchev–Trinajstić information content (AvgIpc) is 3.03. The summed E-state index contributed by atoms with van der Waals surface area (Å²) < 4.78 is 0. The molecule has 2 amide bonds. The average molecular weight is 295 g/mol. The summed E-state index contributed by atoms with van der Waals surface area (Å²) in [7, 11) is 0. The first-order valence-corrected chi connectivity index (χ1v) is 7.16. The molecule has 1 aromatic carbocycles. The summed E-state index contributed by atoms with van der Waals surface area (Å²) >= 11 is 0. The predicted molar refractivity (Wildman–Crippen MR) is 82.5 cm³/mol. The van der Waals surface area contributed by atoms with E-state index < -0.39 is 5.41 Å². The van der Waals surface area contributed by atoms with Crippen LogP contribution in [-0.2, 0) is 9.59 Å². The summed E-state index contributed by atoms with van der Waals surface area (Å²) in [5.74, 6) is 1.77. The summed E-state index contributed by atoms with van der Waals surface area (Å²) in [6.45, 7) is -0.164. The van der Waals surface area contributed by atoms with Crippen molar-refractivity contribution in [3.63, 3.8) is 0 Å². The summed E-state index contributed by atoms with van der Waals surface area (Å²) in [5, 5.41) is 14.4. The number of hydrogen-bond acceptors (Lipinski definition) is 3. The Morgan fingerprint density at radius 3 is 2.68 bits per heavy atom. The highest BCUT2D eigenvalue weighted by Gasteiger charge is 2.41. The Hall–Kier alpha value is -2.79. The molecule has 5 nitrogen and oxygen atoms in total. The molecule has 112 valence electrons. The molecule has 1 saturated carbocycles. The molecule has 0 heterocycles. The molecule has 2 rings (SSSR count). The molecule has 0 radical (unpaired) electrons. The van der Waals surface area contributed by atoms with E-state index >= 15 is 0 Å². The van der Waals surface area contributed by atoms with Crippen molar-refractivity contribution in [2.45, 2.75) is 25.7 Å². The zero-order chi connectivity index (χ0) is 16.0. The molecule has 1 aliphatic rings. The standard InChI is InChI=1S/C17H17N3O2/c1-2-13-6-5-7-14(10-13)20-15(21)11-19-16(22)17(12-18)8-3-4-9-17/h1,5-7,10H,3-4,8-9,11H2,(H,19,22)(H,20,21). The van der Waals surface area contributed by atoms with Crippen LogP contribution in [0.25, 0.3) is 0 Å². The second kappa shape index (κ2) is 6.78. The van der Waals surface area contributed by atoms with Gasteiger partial charge in [0.15, 0.2) is 0 Å². The molecule has 5 heteroatoms. The van der Waals surface area contributed by atoms with Crippen molar-refractivity contribution < 1.29 is 9.59 Å². The van der Waals surface area contributed by atoms with Crippen LogP contribution in [0.5, 0.6) is 0 Å². The van der Waals surface area contributed by atoms with Crippen molar-refractivity contribution in [3.05, 3.63) is 29.8 Å². The maximum Gasteiger partial charge on any atom is 0.243 e. The molecule has 0 unspecified atom stereocenters. The molecule has 0 bridgehead atoms. The van der Waals surface area contributed by atoms with Gasteiger partial charge in [0, 0.05) is 11.3 Å². The Bertz CT molecular complexity index is 661. The Balaban J connectivity index is 1.89. The summed E-state index contributed by atoms with van der Waals surface area (Å²) in [6.07, 6.45) is 8.14. The molecule has 0 spiro atoms. The maximum absolute atomic E-state index is 12.1. The highest BCUT2D eigenvalue weighted by Crippen LogP contribution is 2.37. The number of nitriles is 1. The van der Waals surface area contributed by atoms with Crippen LogP contribution in [0.2, 0.25) is 0 Å². The van der Waals surface area contributed by atoms with E-state index in [2.05, 4.69) is 22.6 Å². The second-order valence-electron chi connectivity index (χ2n) is 5.36. The van der Waals surface area contributed by atoms with Gasteiger partial charge in [0.25, 0.3) is 0 Å². The molecule has 0 saturated heterocycles. The highest BCUT2D eigenvalue weighted by atomic mass is 16.2. The first-order chi connectivity index (χ1) is 10.6. The van der Waals surface area contributed by atoms with E-state index in [1.54, 1.807) is 24.3 Å². The van der Waals surface area contributed by atoms with Crippen molar-refractivity contribution in [2.24, 2.45) is 5.41 Å². The minimum Gasteiger partial charge on any atom is -0.346 e. The van der Waals surface area contributed by atoms with E-state index in [-0.39, 0.29) is 18.4 Å². The van der Waals surface area contributed by atoms with Gasteiger partial charge in [-0.2, -0.15) is 5.26 Å². The van der Waals surface area contributed by atoms with Crippen molar-refractivity contribution in [2.75, 3.05) is 11.9 Å². The molecular weight excluding hydrogens is 278 g/mol. The lowest BCUT2D eigenvalue weighted by Crippen LogP contribution is -2.41. The fourth-order valence-electron chi connectivity index (χ4n) is 2.59. The first-order valence-electron chi connectivity index (χ1n) is 7.16. The van der Waals surface area contributed by atoms with Crippen LogP contribution in [0.15, 0.2) is 24.3 Å². The maximum atomic E-state index is 12.1. The fraction of sp³-hybridized carbons (Fsp3) is 0.353. The third kappa shape index (κ3) is 3.45. The molecule has 0 atom stereocenters. The number of hydrogen-bond donors (Lipinski definition) is 2. The van der Waals surface area contributed by atoms with E-state index in [0.29, 0.717) is 24.1 Å². The lowest BCUT2D eigenvalue weighted by atomic mass is 9.87. The Kier molecular flexibility index (Phi) is 4.80. The third-order valence-corrected chi connectivity index (χ3v) is 3.83. The van der Waals surface area contributed by atoms with E-state index in [1.807, 2.05) is 0 Å². The number of anilines is 1. The zero-order valence-corrected chi connectivity index (χ0v) is 12.2. The van der Waals surface area contributed by atoms with Gasteiger partial charge in [0.05, 0.1) is 12.6 Å². The van der Waals surface area contributed by atoms with E-state index in [1.165, 1.54) is 0 Å². The molecule has 1 aliphatic carbocycles. The lowest BCUT2D eigenvalue weighted by Gasteiger charge is -2.18. The van der Waals surface area contributed by atoms with Gasteiger partial charge in [-0.05, 0) is 31.0 Å². The van der Waals surface area contributed by atoms with Crippen LogP contribution >= 0.6 is 0 Å². The molecule has 1 fully saturated rings. The first kappa shape index (κ1) is 15.6. The number of nitrogens with zero attached hydrogens (tertiary/aromatic N) is 1. The van der Waals surface area contributed by atoms with Crippen LogP contribution < -0.4 is 10.6 Å². The van der Waals surface area contributed by atoms with Crippen LogP contribution in [0.1, 0.15) is 31.2 Å². The topological polar surface area (TPSA) is 82.0 Å². The lowest BCUT2D eigenvalue weighted by molar-refractivity contribution is -0.129. The number of carbonyl (C=O) groups is 2. The van der Waals surface area contributed by atoms with Crippen LogP contribution in [0, 0.1) is 29.1 Å². The molecule has 0 aliphatic heterocycles. The molecular formula is C17H17N3O2. The van der Waals surface area contributed by atoms with Gasteiger partial charge in [-0.1, -0.05) is 24.8 Å². The monoisotopic (exact) mass is 295 g/mol. The van der Waals surface area contributed by atoms with Gasteiger partial charge in [0.1, 0.15) is 5.41 Å². The number of terminal acetylenes is 1. The van der Waals surface area contributed by atoms with Crippen molar-refractivity contribution >= 4 is 17.5 Å². The number of benzene rings is 1. The smallest absolute Gasteiger partial charge is 0.243 e. The van der Waals surface area contributed by atoms with Crippen LogP contribution in [-0.4, -0.2) is 18.4 Å². The van der Waals surface area contributed by atoms with Gasteiger partial charge >= 0.3 is 0 Å². The van der Waals surface area contributed by atoms with Crippen molar-refractivity contribution in [3.8, 4) is 18.4 Å². The van der Waals surface area contributed by atoms with Gasteiger partial charge in [-0.3, -0.25) is 9.59 Å². The predicted octanol–water partition coefficient (Wildman–Crippen LogP) is 1.81. The number of amides is 2. The highest BCUT2D eigenvalue weighted by molar-refractivity contribution is 5.96. The van der Waals surface area contributed by atoms with E-state index in [4.69, 9.17) is 6.42 Å². The molecule has 22 heavy (non-hydrogen) atoms. The number of nitrogens with one attached hydrogen (secondary N) is 2. The van der Waals surface area contributed by atoms with Gasteiger partial charge in [-0.15, -0.1) is 6.42 Å². The second-order valence-corrected chi connectivity index (χ2v) is 5.36. The summed E-state index contributed by atoms with van der Waals surface area (Å²) in [4.78, 5) is 24.0. The third-order valence-electron chi connectivity index (χ3n) is 3.83. The fourth-order valence-corrected chi connectivity index (χ4v) is 2.59.